The predicted molar refractivity (Wildman–Crippen MR) is 96.1 cm³/mol. The summed E-state index contributed by atoms with van der Waals surface area (Å²) in [6, 6.07) is 10.7. The number of fused-ring (bicyclic) bond motifs is 1. The van der Waals surface area contributed by atoms with E-state index in [1.807, 2.05) is 4.90 Å². The number of carbonyl (C=O) groups is 1. The van der Waals surface area contributed by atoms with Crippen LogP contribution < -0.4 is 0 Å². The van der Waals surface area contributed by atoms with E-state index in [1.165, 1.54) is 33.3 Å². The average Bonchev–Trinajstić information content (AvgIpc) is 2.91. The van der Waals surface area contributed by atoms with Crippen LogP contribution in [0.5, 0.6) is 0 Å². The van der Waals surface area contributed by atoms with Gasteiger partial charge in [0.15, 0.2) is 0 Å². The van der Waals surface area contributed by atoms with Crippen LogP contribution in [0.3, 0.4) is 0 Å². The van der Waals surface area contributed by atoms with E-state index in [0.29, 0.717) is 0 Å². The fraction of sp³-hybridized carbons (Fsp3) is 0.350. The van der Waals surface area contributed by atoms with E-state index in [0.717, 1.165) is 19.5 Å². The summed E-state index contributed by atoms with van der Waals surface area (Å²) in [5.41, 5.74) is 6.49. The molecule has 0 aliphatic carbocycles. The lowest BCUT2D eigenvalue weighted by molar-refractivity contribution is -0.128. The number of hydrogen-bond acceptors (Lipinski definition) is 1. The average molecular weight is 308 g/mol. The number of piperidine rings is 1. The Hall–Kier alpha value is -2.29. The third-order valence-electron chi connectivity index (χ3n) is 4.96. The number of allylic oxidation sites excluding steroid dienone is 2. The molecule has 1 aromatic heterocycles. The maximum atomic E-state index is 11.7. The lowest BCUT2D eigenvalue weighted by Crippen LogP contribution is -2.36. The zero-order valence-electron chi connectivity index (χ0n) is 14.4. The number of likely N-dealkylation sites (tertiary alicyclic amines) is 1. The van der Waals surface area contributed by atoms with Crippen LogP contribution in [-0.4, -0.2) is 28.5 Å². The molecule has 0 spiro atoms. The smallest absolute Gasteiger partial charge is 0.219 e. The van der Waals surface area contributed by atoms with E-state index in [1.54, 1.807) is 6.92 Å². The van der Waals surface area contributed by atoms with Crippen LogP contribution in [0.1, 0.15) is 32.9 Å². The molecule has 1 aliphatic heterocycles. The molecule has 3 rings (SSSR count). The molecule has 3 heteroatoms. The summed E-state index contributed by atoms with van der Waals surface area (Å²) in [6.07, 6.45) is 3.07. The molecule has 3 nitrogen and oxygen atoms in total. The van der Waals surface area contributed by atoms with Gasteiger partial charge in [0.1, 0.15) is 0 Å². The largest absolute Gasteiger partial charge is 0.344 e. The van der Waals surface area contributed by atoms with E-state index in [9.17, 15) is 4.79 Å². The summed E-state index contributed by atoms with van der Waals surface area (Å²) in [4.78, 5) is 13.6. The standard InChI is InChI=1S/C20H24N2O/c1-5-16-13-22(15(3)23)11-10-18(16)14(2)20-12-17-8-6-7-9-19(17)21(20)4/h5-9,12H,10-11,13H2,1-4H3/b16-5+,18-14+. The van der Waals surface area contributed by atoms with E-state index in [2.05, 4.69) is 61.9 Å². The highest BCUT2D eigenvalue weighted by Crippen LogP contribution is 2.32. The summed E-state index contributed by atoms with van der Waals surface area (Å²) >= 11 is 0. The first-order valence-corrected chi connectivity index (χ1v) is 8.18. The number of hydrogen-bond donors (Lipinski definition) is 0. The first kappa shape index (κ1) is 15.6. The number of carbonyl (C=O) groups excluding carboxylic acids is 1. The number of rotatable bonds is 1. The zero-order valence-corrected chi connectivity index (χ0v) is 14.4. The van der Waals surface area contributed by atoms with Gasteiger partial charge in [0.25, 0.3) is 0 Å². The Bertz CT molecular complexity index is 823. The van der Waals surface area contributed by atoms with E-state index >= 15 is 0 Å². The highest BCUT2D eigenvalue weighted by molar-refractivity contribution is 5.86. The Morgan fingerprint density at radius 3 is 2.61 bits per heavy atom. The molecule has 0 bridgehead atoms. The minimum absolute atomic E-state index is 0.158. The van der Waals surface area contributed by atoms with Crippen molar-refractivity contribution >= 4 is 22.4 Å². The lowest BCUT2D eigenvalue weighted by Gasteiger charge is -2.31. The summed E-state index contributed by atoms with van der Waals surface area (Å²) < 4.78 is 2.27. The molecule has 0 N–H and O–H groups in total. The van der Waals surface area contributed by atoms with Crippen LogP contribution >= 0.6 is 0 Å². The van der Waals surface area contributed by atoms with Crippen molar-refractivity contribution in [3.63, 3.8) is 0 Å². The second kappa shape index (κ2) is 6.07. The Morgan fingerprint density at radius 1 is 1.22 bits per heavy atom. The monoisotopic (exact) mass is 308 g/mol. The summed E-state index contributed by atoms with van der Waals surface area (Å²) in [5.74, 6) is 0.158. The van der Waals surface area contributed by atoms with E-state index in [4.69, 9.17) is 0 Å². The molecule has 120 valence electrons. The van der Waals surface area contributed by atoms with Gasteiger partial charge in [-0.1, -0.05) is 24.3 Å². The Kier molecular flexibility index (Phi) is 4.12. The minimum atomic E-state index is 0.158. The van der Waals surface area contributed by atoms with Gasteiger partial charge in [-0.25, -0.2) is 0 Å². The Balaban J connectivity index is 2.06. The first-order chi connectivity index (χ1) is 11.0. The SMILES string of the molecule is C/C=C1\CN(C(C)=O)CC\C1=C(\C)c1cc2ccccc2n1C. The number of nitrogens with zero attached hydrogens (tertiary/aromatic N) is 2. The molecular weight excluding hydrogens is 284 g/mol. The fourth-order valence-corrected chi connectivity index (χ4v) is 3.55. The van der Waals surface area contributed by atoms with E-state index < -0.39 is 0 Å². The minimum Gasteiger partial charge on any atom is -0.344 e. The van der Waals surface area contributed by atoms with Crippen molar-refractivity contribution in [1.29, 1.82) is 0 Å². The molecule has 2 heterocycles. The Labute approximate surface area is 137 Å². The number of amides is 1. The highest BCUT2D eigenvalue weighted by Gasteiger charge is 2.22. The van der Waals surface area contributed by atoms with Crippen LogP contribution in [0.4, 0.5) is 0 Å². The molecule has 23 heavy (non-hydrogen) atoms. The van der Waals surface area contributed by atoms with Crippen molar-refractivity contribution in [3.8, 4) is 0 Å². The van der Waals surface area contributed by atoms with Crippen LogP contribution in [-0.2, 0) is 11.8 Å². The van der Waals surface area contributed by atoms with Crippen molar-refractivity contribution in [2.24, 2.45) is 7.05 Å². The van der Waals surface area contributed by atoms with Crippen molar-refractivity contribution in [3.05, 3.63) is 53.2 Å². The maximum Gasteiger partial charge on any atom is 0.219 e. The predicted octanol–water partition coefficient (Wildman–Crippen LogP) is 4.15. The van der Waals surface area contributed by atoms with Crippen LogP contribution in [0, 0.1) is 0 Å². The molecule has 1 saturated heterocycles. The second-order valence-electron chi connectivity index (χ2n) is 6.26. The molecule has 0 unspecified atom stereocenters. The number of para-hydroxylation sites is 1. The topological polar surface area (TPSA) is 25.2 Å². The van der Waals surface area contributed by atoms with Gasteiger partial charge in [0.05, 0.1) is 0 Å². The molecule has 1 amide bonds. The fourth-order valence-electron chi connectivity index (χ4n) is 3.55. The highest BCUT2D eigenvalue weighted by atomic mass is 16.2. The maximum absolute atomic E-state index is 11.7. The molecule has 1 aromatic carbocycles. The molecular formula is C20H24N2O. The number of benzene rings is 1. The normalized spacial score (nSPS) is 19.5. The summed E-state index contributed by atoms with van der Waals surface area (Å²) in [6.45, 7) is 7.45. The van der Waals surface area contributed by atoms with Crippen molar-refractivity contribution < 1.29 is 4.79 Å². The zero-order chi connectivity index (χ0) is 16.6. The first-order valence-electron chi connectivity index (χ1n) is 8.18. The third kappa shape index (κ3) is 2.72. The van der Waals surface area contributed by atoms with Gasteiger partial charge in [-0.05, 0) is 49.1 Å². The van der Waals surface area contributed by atoms with Gasteiger partial charge in [0, 0.05) is 43.7 Å². The second-order valence-corrected chi connectivity index (χ2v) is 6.26. The lowest BCUT2D eigenvalue weighted by atomic mass is 9.92. The molecule has 0 radical (unpaired) electrons. The molecule has 0 saturated carbocycles. The third-order valence-corrected chi connectivity index (χ3v) is 4.96. The van der Waals surface area contributed by atoms with Crippen LogP contribution in [0.2, 0.25) is 0 Å². The van der Waals surface area contributed by atoms with Crippen molar-refractivity contribution in [2.75, 3.05) is 13.1 Å². The number of aryl methyl sites for hydroxylation is 1. The summed E-state index contributed by atoms with van der Waals surface area (Å²) in [5, 5.41) is 1.27. The van der Waals surface area contributed by atoms with Gasteiger partial charge >= 0.3 is 0 Å². The van der Waals surface area contributed by atoms with Gasteiger partial charge in [-0.3, -0.25) is 4.79 Å². The van der Waals surface area contributed by atoms with Gasteiger partial charge < -0.3 is 9.47 Å². The van der Waals surface area contributed by atoms with Gasteiger partial charge in [-0.15, -0.1) is 0 Å². The molecule has 1 aliphatic rings. The summed E-state index contributed by atoms with van der Waals surface area (Å²) in [7, 11) is 2.13. The van der Waals surface area contributed by atoms with Crippen molar-refractivity contribution in [2.45, 2.75) is 27.2 Å². The van der Waals surface area contributed by atoms with Crippen LogP contribution in [0.25, 0.3) is 16.5 Å². The molecule has 2 aromatic rings. The van der Waals surface area contributed by atoms with Gasteiger partial charge in [-0.2, -0.15) is 0 Å². The molecule has 1 fully saturated rings. The van der Waals surface area contributed by atoms with Gasteiger partial charge in [0.2, 0.25) is 5.91 Å². The van der Waals surface area contributed by atoms with Crippen LogP contribution in [0.15, 0.2) is 47.6 Å². The molecule has 0 atom stereocenters. The van der Waals surface area contributed by atoms with E-state index in [-0.39, 0.29) is 5.91 Å². The Morgan fingerprint density at radius 2 is 1.96 bits per heavy atom. The quantitative estimate of drug-likeness (QED) is 0.777. The van der Waals surface area contributed by atoms with Crippen molar-refractivity contribution in [1.82, 2.24) is 9.47 Å². The number of aromatic nitrogens is 1.